The van der Waals surface area contributed by atoms with E-state index >= 15 is 0 Å². The van der Waals surface area contributed by atoms with Crippen LogP contribution in [0.15, 0.2) is 23.4 Å². The molecule has 0 heterocycles. The summed E-state index contributed by atoms with van der Waals surface area (Å²) in [6.45, 7) is 6.49. The molecule has 1 rings (SSSR count). The Morgan fingerprint density at radius 2 is 1.68 bits per heavy atom. The molecule has 1 aromatic carbocycles. The van der Waals surface area contributed by atoms with Crippen molar-refractivity contribution in [1.82, 2.24) is 0 Å². The SMILES string of the molecule is CC(C)(N=O)C(C)(C)[N+]([O-])=Cc1c(Cl)cccc1Cl. The van der Waals surface area contributed by atoms with E-state index in [-0.39, 0.29) is 0 Å². The average Bonchev–Trinajstić information content (AvgIpc) is 2.33. The van der Waals surface area contributed by atoms with Crippen LogP contribution in [0.2, 0.25) is 10.0 Å². The van der Waals surface area contributed by atoms with E-state index in [2.05, 4.69) is 5.18 Å². The first-order valence-corrected chi connectivity index (χ1v) is 6.49. The standard InChI is InChI=1S/C13H16Cl2N2O2/c1-12(2,16-18)13(3,4)17(19)8-9-10(14)6-5-7-11(9)15/h5-8H,1-4H3. The molecule has 0 aromatic heterocycles. The Morgan fingerprint density at radius 3 is 2.11 bits per heavy atom. The lowest BCUT2D eigenvalue weighted by Gasteiger charge is -2.33. The van der Waals surface area contributed by atoms with Crippen molar-refractivity contribution in [2.45, 2.75) is 38.8 Å². The zero-order valence-corrected chi connectivity index (χ0v) is 12.8. The monoisotopic (exact) mass is 302 g/mol. The van der Waals surface area contributed by atoms with Crippen LogP contribution < -0.4 is 0 Å². The molecule has 0 aliphatic carbocycles. The molecule has 0 saturated heterocycles. The highest BCUT2D eigenvalue weighted by atomic mass is 35.5. The van der Waals surface area contributed by atoms with Crippen LogP contribution in [0.5, 0.6) is 0 Å². The summed E-state index contributed by atoms with van der Waals surface area (Å²) in [6.07, 6.45) is 1.29. The van der Waals surface area contributed by atoms with E-state index in [1.165, 1.54) is 6.21 Å². The maximum atomic E-state index is 12.3. The van der Waals surface area contributed by atoms with Crippen molar-refractivity contribution >= 4 is 29.4 Å². The highest BCUT2D eigenvalue weighted by molar-refractivity contribution is 6.38. The van der Waals surface area contributed by atoms with Gasteiger partial charge in [0.25, 0.3) is 0 Å². The molecule has 6 heteroatoms. The minimum absolute atomic E-state index is 0.376. The van der Waals surface area contributed by atoms with Crippen LogP contribution in [-0.2, 0) is 0 Å². The summed E-state index contributed by atoms with van der Waals surface area (Å²) in [7, 11) is 0. The highest BCUT2D eigenvalue weighted by Gasteiger charge is 2.46. The van der Waals surface area contributed by atoms with Crippen LogP contribution in [0.1, 0.15) is 33.3 Å². The van der Waals surface area contributed by atoms with Crippen LogP contribution in [0.4, 0.5) is 0 Å². The fourth-order valence-corrected chi connectivity index (χ4v) is 1.79. The van der Waals surface area contributed by atoms with Crippen molar-refractivity contribution in [3.05, 3.63) is 43.9 Å². The summed E-state index contributed by atoms with van der Waals surface area (Å²) in [5, 5.41) is 16.1. The molecule has 0 spiro atoms. The lowest BCUT2D eigenvalue weighted by molar-refractivity contribution is -0.547. The second-order valence-corrected chi connectivity index (χ2v) is 6.11. The topological polar surface area (TPSA) is 55.5 Å². The van der Waals surface area contributed by atoms with Gasteiger partial charge in [-0.25, -0.2) is 4.74 Å². The largest absolute Gasteiger partial charge is 0.623 e. The molecule has 0 bridgehead atoms. The Bertz CT molecular complexity index is 505. The molecule has 0 amide bonds. The van der Waals surface area contributed by atoms with E-state index < -0.39 is 11.1 Å². The Morgan fingerprint density at radius 1 is 1.21 bits per heavy atom. The van der Waals surface area contributed by atoms with Gasteiger partial charge in [0, 0.05) is 13.8 Å². The fourth-order valence-electron chi connectivity index (χ4n) is 1.29. The number of hydrogen-bond acceptors (Lipinski definition) is 3. The molecule has 4 nitrogen and oxygen atoms in total. The van der Waals surface area contributed by atoms with E-state index in [1.54, 1.807) is 45.9 Å². The lowest BCUT2D eigenvalue weighted by Crippen LogP contribution is -2.50. The van der Waals surface area contributed by atoms with E-state index in [1.807, 2.05) is 0 Å². The summed E-state index contributed by atoms with van der Waals surface area (Å²) in [4.78, 5) is 10.9. The predicted octanol–water partition coefficient (Wildman–Crippen LogP) is 4.25. The van der Waals surface area contributed by atoms with E-state index in [9.17, 15) is 10.1 Å². The molecule has 0 aliphatic heterocycles. The first-order valence-electron chi connectivity index (χ1n) is 5.73. The maximum absolute atomic E-state index is 12.3. The number of nitrogens with zero attached hydrogens (tertiary/aromatic N) is 2. The number of hydroxylamine groups is 1. The van der Waals surface area contributed by atoms with Crippen molar-refractivity contribution in [1.29, 1.82) is 0 Å². The normalized spacial score (nSPS) is 13.5. The third-order valence-corrected chi connectivity index (χ3v) is 4.18. The zero-order chi connectivity index (χ0) is 14.8. The lowest BCUT2D eigenvalue weighted by atomic mass is 9.84. The van der Waals surface area contributed by atoms with E-state index in [4.69, 9.17) is 23.2 Å². The van der Waals surface area contributed by atoms with Gasteiger partial charge in [0.1, 0.15) is 0 Å². The van der Waals surface area contributed by atoms with Gasteiger partial charge in [-0.1, -0.05) is 34.4 Å². The zero-order valence-electron chi connectivity index (χ0n) is 11.3. The molecular weight excluding hydrogens is 287 g/mol. The molecule has 19 heavy (non-hydrogen) atoms. The summed E-state index contributed by atoms with van der Waals surface area (Å²) in [6, 6.07) is 4.98. The molecule has 0 N–H and O–H groups in total. The second-order valence-electron chi connectivity index (χ2n) is 5.30. The van der Waals surface area contributed by atoms with Crippen LogP contribution in [0.3, 0.4) is 0 Å². The van der Waals surface area contributed by atoms with Gasteiger partial charge in [-0.15, -0.1) is 4.91 Å². The van der Waals surface area contributed by atoms with E-state index in [0.717, 1.165) is 0 Å². The van der Waals surface area contributed by atoms with E-state index in [0.29, 0.717) is 20.3 Å². The van der Waals surface area contributed by atoms with Crippen LogP contribution >= 0.6 is 23.2 Å². The van der Waals surface area contributed by atoms with Crippen molar-refractivity contribution in [2.24, 2.45) is 5.18 Å². The molecule has 104 valence electrons. The molecule has 0 saturated carbocycles. The summed E-state index contributed by atoms with van der Waals surface area (Å²) < 4.78 is 0.668. The summed E-state index contributed by atoms with van der Waals surface area (Å²) in [5.41, 5.74) is -1.66. The van der Waals surface area contributed by atoms with Crippen molar-refractivity contribution in [2.75, 3.05) is 0 Å². The molecule has 1 aromatic rings. The van der Waals surface area contributed by atoms with Crippen LogP contribution in [-0.4, -0.2) is 22.0 Å². The van der Waals surface area contributed by atoms with Gasteiger partial charge in [0.15, 0.2) is 17.3 Å². The van der Waals surface area contributed by atoms with Gasteiger partial charge in [-0.2, -0.15) is 0 Å². The minimum atomic E-state index is -1.06. The number of rotatable bonds is 4. The number of hydrogen-bond donors (Lipinski definition) is 0. The first kappa shape index (κ1) is 15.9. The number of benzene rings is 1. The van der Waals surface area contributed by atoms with Gasteiger partial charge in [0.2, 0.25) is 0 Å². The number of nitroso groups, excluding NO2 is 1. The van der Waals surface area contributed by atoms with Crippen molar-refractivity contribution < 1.29 is 4.74 Å². The van der Waals surface area contributed by atoms with Gasteiger partial charge in [-0.3, -0.25) is 0 Å². The quantitative estimate of drug-likeness (QED) is 0.274. The Labute approximate surface area is 122 Å². The summed E-state index contributed by atoms with van der Waals surface area (Å²) >= 11 is 12.0. The first-order chi connectivity index (χ1) is 8.63. The van der Waals surface area contributed by atoms with Crippen molar-refractivity contribution in [3.63, 3.8) is 0 Å². The molecule has 0 fully saturated rings. The highest BCUT2D eigenvalue weighted by Crippen LogP contribution is 2.29. The summed E-state index contributed by atoms with van der Waals surface area (Å²) in [5.74, 6) is 0. The van der Waals surface area contributed by atoms with Gasteiger partial charge >= 0.3 is 0 Å². The van der Waals surface area contributed by atoms with Gasteiger partial charge in [0.05, 0.1) is 15.6 Å². The second kappa shape index (κ2) is 5.47. The third kappa shape index (κ3) is 3.07. The molecule has 0 aliphatic rings. The van der Waals surface area contributed by atoms with Crippen molar-refractivity contribution in [3.8, 4) is 0 Å². The fraction of sp³-hybridized carbons (Fsp3) is 0.462. The number of halogens is 2. The molecule has 0 atom stereocenters. The van der Waals surface area contributed by atoms with Gasteiger partial charge in [-0.05, 0) is 26.0 Å². The molecule has 0 unspecified atom stereocenters. The predicted molar refractivity (Wildman–Crippen MR) is 79.2 cm³/mol. The average molecular weight is 303 g/mol. The minimum Gasteiger partial charge on any atom is -0.623 e. The van der Waals surface area contributed by atoms with Crippen LogP contribution in [0.25, 0.3) is 0 Å². The maximum Gasteiger partial charge on any atom is 0.195 e. The van der Waals surface area contributed by atoms with Gasteiger partial charge < -0.3 is 5.21 Å². The Balaban J connectivity index is 3.30. The Kier molecular flexibility index (Phi) is 4.59. The smallest absolute Gasteiger partial charge is 0.195 e. The third-order valence-electron chi connectivity index (χ3n) is 3.52. The molecular formula is C13H16Cl2N2O2. The molecule has 0 radical (unpaired) electrons. The van der Waals surface area contributed by atoms with Crippen LogP contribution in [0, 0.1) is 10.1 Å². The Hall–Kier alpha value is -1.13.